The zero-order valence-electron chi connectivity index (χ0n) is 29.3. The minimum Gasteiger partial charge on any atom is -0.469 e. The predicted molar refractivity (Wildman–Crippen MR) is 169 cm³/mol. The molecule has 0 heterocycles. The molecule has 4 saturated carbocycles. The summed E-state index contributed by atoms with van der Waals surface area (Å²) < 4.78 is 23.2. The van der Waals surface area contributed by atoms with Gasteiger partial charge in [-0.05, 0) is 97.2 Å². The number of hydrogen-bond acceptors (Lipinski definition) is 8. The summed E-state index contributed by atoms with van der Waals surface area (Å²) in [5.41, 5.74) is -0.124. The molecule has 0 amide bonds. The van der Waals surface area contributed by atoms with Crippen LogP contribution in [0.25, 0.3) is 0 Å². The Labute approximate surface area is 269 Å². The molecule has 0 unspecified atom stereocenters. The van der Waals surface area contributed by atoms with Crippen molar-refractivity contribution in [1.82, 2.24) is 0 Å². The van der Waals surface area contributed by atoms with Gasteiger partial charge in [-0.15, -0.1) is 0 Å². The first-order valence-corrected chi connectivity index (χ1v) is 17.1. The number of esters is 4. The maximum atomic E-state index is 13.6. The maximum absolute atomic E-state index is 13.6. The van der Waals surface area contributed by atoms with Gasteiger partial charge in [-0.25, -0.2) is 0 Å². The summed E-state index contributed by atoms with van der Waals surface area (Å²) in [6.45, 7) is 18.2. The molecule has 5 aliphatic rings. The fourth-order valence-electron chi connectivity index (χ4n) is 11.9. The normalized spacial score (nSPS) is 44.8. The molecule has 0 N–H and O–H groups in total. The van der Waals surface area contributed by atoms with E-state index in [1.807, 2.05) is 6.92 Å². The lowest BCUT2D eigenvalue weighted by Crippen LogP contribution is -2.69. The second-order valence-electron chi connectivity index (χ2n) is 17.0. The van der Waals surface area contributed by atoms with Crippen molar-refractivity contribution in [2.45, 2.75) is 132 Å². The van der Waals surface area contributed by atoms with Crippen molar-refractivity contribution >= 4 is 23.9 Å². The third-order valence-corrected chi connectivity index (χ3v) is 14.1. The molecule has 45 heavy (non-hydrogen) atoms. The SMILES string of the molecule is COC(=O)[C@]12CCC(C)(C)C[C@H]1C1=CC[C@@H]3[C@@]4(C)C[C@H](OC(C)=O)[C@H](OC(C)=O)[C@@](C)(COC(C)=O)[C@@H]4CC[C@@]3(C)[C@]1(C)CC2. The molecule has 5 rings (SSSR count). The molecular weight excluding hydrogens is 572 g/mol. The first-order valence-electron chi connectivity index (χ1n) is 17.1. The molecule has 10 atom stereocenters. The molecule has 8 nitrogen and oxygen atoms in total. The number of fused-ring (bicyclic) bond motifs is 7. The summed E-state index contributed by atoms with van der Waals surface area (Å²) in [5.74, 6) is -0.853. The van der Waals surface area contributed by atoms with Crippen molar-refractivity contribution < 1.29 is 38.1 Å². The lowest BCUT2D eigenvalue weighted by molar-refractivity contribution is -0.255. The molecule has 0 aromatic rings. The second kappa shape index (κ2) is 11.1. The van der Waals surface area contributed by atoms with E-state index in [0.717, 1.165) is 51.4 Å². The topological polar surface area (TPSA) is 105 Å². The first-order chi connectivity index (χ1) is 20.8. The molecule has 0 aromatic heterocycles. The molecule has 0 bridgehead atoms. The standard InChI is InChI=1S/C37H56O8/c1-22(38)43-21-34(7)28-13-14-36(9)29(33(28,6)20-27(44-23(2)39)30(34)45-24(3)40)12-11-25-26-19-32(4,5)15-17-37(26,31(41)42-10)18-16-35(25,36)8/h11,26-30H,12-21H2,1-10H3/t26-,27-,28+,29+,30-,33-,34-,35+,36+,37-/m0/s1. The van der Waals surface area contributed by atoms with E-state index in [9.17, 15) is 19.2 Å². The van der Waals surface area contributed by atoms with Crippen LogP contribution in [0.5, 0.6) is 0 Å². The van der Waals surface area contributed by atoms with Gasteiger partial charge in [0.1, 0.15) is 18.8 Å². The van der Waals surface area contributed by atoms with E-state index >= 15 is 0 Å². The van der Waals surface area contributed by atoms with Crippen molar-refractivity contribution in [2.75, 3.05) is 13.7 Å². The van der Waals surface area contributed by atoms with Crippen molar-refractivity contribution in [3.63, 3.8) is 0 Å². The van der Waals surface area contributed by atoms with E-state index in [1.165, 1.54) is 33.5 Å². The molecule has 252 valence electrons. The van der Waals surface area contributed by atoms with Crippen molar-refractivity contribution in [1.29, 1.82) is 0 Å². The van der Waals surface area contributed by atoms with Gasteiger partial charge in [0.05, 0.1) is 12.5 Å². The summed E-state index contributed by atoms with van der Waals surface area (Å²) in [6, 6.07) is 0. The third-order valence-electron chi connectivity index (χ3n) is 14.1. The second-order valence-corrected chi connectivity index (χ2v) is 17.0. The van der Waals surface area contributed by atoms with Crippen LogP contribution in [0.4, 0.5) is 0 Å². The van der Waals surface area contributed by atoms with Crippen molar-refractivity contribution in [3.8, 4) is 0 Å². The minimum atomic E-state index is -0.753. The first kappa shape index (κ1) is 34.0. The quantitative estimate of drug-likeness (QED) is 0.183. The summed E-state index contributed by atoms with van der Waals surface area (Å²) in [4.78, 5) is 50.6. The fraction of sp³-hybridized carbons (Fsp3) is 0.838. The molecule has 4 fully saturated rings. The summed E-state index contributed by atoms with van der Waals surface area (Å²) in [6.07, 6.45) is 8.94. The molecule has 5 aliphatic carbocycles. The zero-order chi connectivity index (χ0) is 33.4. The number of methoxy groups -OCH3 is 1. The molecule has 0 spiro atoms. The predicted octanol–water partition coefficient (Wildman–Crippen LogP) is 6.98. The van der Waals surface area contributed by atoms with E-state index in [4.69, 9.17) is 18.9 Å². The van der Waals surface area contributed by atoms with E-state index in [1.54, 1.807) is 0 Å². The van der Waals surface area contributed by atoms with Gasteiger partial charge < -0.3 is 18.9 Å². The molecule has 0 saturated heterocycles. The van der Waals surface area contributed by atoms with E-state index in [-0.39, 0.29) is 58.0 Å². The van der Waals surface area contributed by atoms with Gasteiger partial charge in [-0.1, -0.05) is 53.2 Å². The molecular formula is C37H56O8. The average Bonchev–Trinajstić information content (AvgIpc) is 2.93. The van der Waals surface area contributed by atoms with E-state index in [0.29, 0.717) is 6.42 Å². The van der Waals surface area contributed by atoms with Crippen LogP contribution >= 0.6 is 0 Å². The molecule has 0 aromatic carbocycles. The van der Waals surface area contributed by atoms with Crippen LogP contribution in [0.3, 0.4) is 0 Å². The monoisotopic (exact) mass is 628 g/mol. The van der Waals surface area contributed by atoms with Crippen LogP contribution in [0.2, 0.25) is 0 Å². The van der Waals surface area contributed by atoms with Crippen molar-refractivity contribution in [3.05, 3.63) is 11.6 Å². The van der Waals surface area contributed by atoms with Crippen LogP contribution < -0.4 is 0 Å². The average molecular weight is 629 g/mol. The Morgan fingerprint density at radius 3 is 2.04 bits per heavy atom. The smallest absolute Gasteiger partial charge is 0.312 e. The maximum Gasteiger partial charge on any atom is 0.312 e. The largest absolute Gasteiger partial charge is 0.469 e. The van der Waals surface area contributed by atoms with Gasteiger partial charge in [0.15, 0.2) is 0 Å². The zero-order valence-corrected chi connectivity index (χ0v) is 29.3. The highest BCUT2D eigenvalue weighted by molar-refractivity contribution is 5.78. The lowest BCUT2D eigenvalue weighted by Gasteiger charge is -2.71. The third kappa shape index (κ3) is 5.06. The highest BCUT2D eigenvalue weighted by Gasteiger charge is 2.71. The van der Waals surface area contributed by atoms with Crippen LogP contribution in [0.1, 0.15) is 120 Å². The van der Waals surface area contributed by atoms with E-state index in [2.05, 4.69) is 40.7 Å². The Balaban J connectivity index is 1.62. The van der Waals surface area contributed by atoms with Gasteiger partial charge in [0.2, 0.25) is 0 Å². The van der Waals surface area contributed by atoms with Gasteiger partial charge in [0, 0.05) is 26.2 Å². The van der Waals surface area contributed by atoms with E-state index < -0.39 is 35.0 Å². The number of carbonyl (C=O) groups excluding carboxylic acids is 4. The summed E-state index contributed by atoms with van der Waals surface area (Å²) >= 11 is 0. The Bertz CT molecular complexity index is 1280. The Morgan fingerprint density at radius 2 is 1.44 bits per heavy atom. The Morgan fingerprint density at radius 1 is 0.800 bits per heavy atom. The molecule has 0 aliphatic heterocycles. The highest BCUT2D eigenvalue weighted by atomic mass is 16.6. The number of carbonyl (C=O) groups is 4. The van der Waals surface area contributed by atoms with Crippen LogP contribution in [0, 0.1) is 50.2 Å². The number of rotatable bonds is 5. The van der Waals surface area contributed by atoms with Crippen LogP contribution in [-0.4, -0.2) is 49.8 Å². The van der Waals surface area contributed by atoms with Gasteiger partial charge in [-0.3, -0.25) is 19.2 Å². The summed E-state index contributed by atoms with van der Waals surface area (Å²) in [7, 11) is 1.54. The van der Waals surface area contributed by atoms with Crippen molar-refractivity contribution in [2.24, 2.45) is 50.2 Å². The number of allylic oxidation sites excluding steroid dienone is 2. The molecule has 0 radical (unpaired) electrons. The summed E-state index contributed by atoms with van der Waals surface area (Å²) in [5, 5.41) is 0. The van der Waals surface area contributed by atoms with Crippen LogP contribution in [0.15, 0.2) is 11.6 Å². The molecule has 8 heteroatoms. The highest BCUT2D eigenvalue weighted by Crippen LogP contribution is 2.76. The Hall–Kier alpha value is -2.38. The van der Waals surface area contributed by atoms with Gasteiger partial charge >= 0.3 is 23.9 Å². The Kier molecular flexibility index (Phi) is 8.39. The van der Waals surface area contributed by atoms with Gasteiger partial charge in [-0.2, -0.15) is 0 Å². The minimum absolute atomic E-state index is 0.0526. The van der Waals surface area contributed by atoms with Gasteiger partial charge in [0.25, 0.3) is 0 Å². The number of hydrogen-bond donors (Lipinski definition) is 0. The lowest BCUT2D eigenvalue weighted by atomic mass is 9.33. The van der Waals surface area contributed by atoms with Crippen LogP contribution in [-0.2, 0) is 38.1 Å². The number of ether oxygens (including phenoxy) is 4. The fourth-order valence-corrected chi connectivity index (χ4v) is 11.9.